The van der Waals surface area contributed by atoms with E-state index >= 15 is 0 Å². The fraction of sp³-hybridized carbons (Fsp3) is 0.190. The molecule has 0 radical (unpaired) electrons. The number of carboxylic acid groups (broad SMARTS) is 1. The number of aromatic carboxylic acids is 1. The van der Waals surface area contributed by atoms with Crippen LogP contribution in [0.4, 0.5) is 5.69 Å². The predicted molar refractivity (Wildman–Crippen MR) is 126 cm³/mol. The van der Waals surface area contributed by atoms with Gasteiger partial charge in [0, 0.05) is 18.3 Å². The standard InChI is InChI=1S/C21H19Cl2N5O4S/c1-11(24-19(30)13-5-8-15(22)16(23)9-13)18-26-27-21(28(18)2)33-10-17(29)25-14-6-3-12(4-7-14)20(31)32/h3-9,11H,10H2,1-2H3,(H,24,30)(H,25,29)(H,31,32)/t11-/m1/s1. The maximum Gasteiger partial charge on any atom is 0.335 e. The molecule has 0 aliphatic heterocycles. The minimum absolute atomic E-state index is 0.0661. The topological polar surface area (TPSA) is 126 Å². The molecule has 1 heterocycles. The van der Waals surface area contributed by atoms with Crippen molar-refractivity contribution >= 4 is 58.4 Å². The van der Waals surface area contributed by atoms with Crippen molar-refractivity contribution < 1.29 is 19.5 Å². The number of anilines is 1. The van der Waals surface area contributed by atoms with Crippen LogP contribution in [-0.4, -0.2) is 43.4 Å². The Morgan fingerprint density at radius 1 is 1.06 bits per heavy atom. The zero-order chi connectivity index (χ0) is 24.1. The maximum atomic E-state index is 12.5. The molecule has 33 heavy (non-hydrogen) atoms. The quantitative estimate of drug-likeness (QED) is 0.392. The molecule has 0 aliphatic carbocycles. The van der Waals surface area contributed by atoms with Crippen LogP contribution in [0.2, 0.25) is 10.0 Å². The second-order valence-electron chi connectivity index (χ2n) is 6.94. The number of carbonyl (C=O) groups excluding carboxylic acids is 2. The number of carbonyl (C=O) groups is 3. The highest BCUT2D eigenvalue weighted by Crippen LogP contribution is 2.24. The lowest BCUT2D eigenvalue weighted by atomic mass is 10.2. The molecule has 0 spiro atoms. The largest absolute Gasteiger partial charge is 0.478 e. The fourth-order valence-electron chi connectivity index (χ4n) is 2.83. The van der Waals surface area contributed by atoms with Crippen molar-refractivity contribution in [1.29, 1.82) is 0 Å². The van der Waals surface area contributed by atoms with Gasteiger partial charge in [-0.05, 0) is 49.4 Å². The van der Waals surface area contributed by atoms with Crippen molar-refractivity contribution in [1.82, 2.24) is 20.1 Å². The summed E-state index contributed by atoms with van der Waals surface area (Å²) in [6, 6.07) is 10.0. The smallest absolute Gasteiger partial charge is 0.335 e. The minimum atomic E-state index is -1.04. The first kappa shape index (κ1) is 24.6. The van der Waals surface area contributed by atoms with Crippen molar-refractivity contribution in [3.8, 4) is 0 Å². The zero-order valence-electron chi connectivity index (χ0n) is 17.5. The number of amides is 2. The molecule has 2 amide bonds. The van der Waals surface area contributed by atoms with E-state index in [0.717, 1.165) is 0 Å². The van der Waals surface area contributed by atoms with Gasteiger partial charge < -0.3 is 20.3 Å². The molecular weight excluding hydrogens is 489 g/mol. The van der Waals surface area contributed by atoms with Crippen molar-refractivity contribution in [2.75, 3.05) is 11.1 Å². The van der Waals surface area contributed by atoms with Gasteiger partial charge in [-0.3, -0.25) is 9.59 Å². The molecular formula is C21H19Cl2N5O4S. The van der Waals surface area contributed by atoms with E-state index in [2.05, 4.69) is 20.8 Å². The number of hydrogen-bond donors (Lipinski definition) is 3. The molecule has 1 aromatic heterocycles. The first-order valence-corrected chi connectivity index (χ1v) is 11.3. The first-order valence-electron chi connectivity index (χ1n) is 9.57. The summed E-state index contributed by atoms with van der Waals surface area (Å²) in [7, 11) is 1.74. The highest BCUT2D eigenvalue weighted by Gasteiger charge is 2.19. The van der Waals surface area contributed by atoms with Gasteiger partial charge in [-0.1, -0.05) is 35.0 Å². The van der Waals surface area contributed by atoms with Crippen LogP contribution in [0.25, 0.3) is 0 Å². The van der Waals surface area contributed by atoms with E-state index in [0.29, 0.717) is 27.3 Å². The molecule has 0 saturated carbocycles. The average molecular weight is 508 g/mol. The predicted octanol–water partition coefficient (Wildman–Crippen LogP) is 4.04. The number of thioether (sulfide) groups is 1. The molecule has 3 N–H and O–H groups in total. The van der Waals surface area contributed by atoms with Crippen LogP contribution in [-0.2, 0) is 11.8 Å². The highest BCUT2D eigenvalue weighted by molar-refractivity contribution is 7.99. The van der Waals surface area contributed by atoms with E-state index in [1.165, 1.54) is 42.1 Å². The molecule has 2 aromatic carbocycles. The first-order chi connectivity index (χ1) is 15.7. The molecule has 0 saturated heterocycles. The molecule has 3 aromatic rings. The van der Waals surface area contributed by atoms with Crippen LogP contribution in [0.15, 0.2) is 47.6 Å². The van der Waals surface area contributed by atoms with Crippen LogP contribution in [0, 0.1) is 0 Å². The Kier molecular flexibility index (Phi) is 7.96. The minimum Gasteiger partial charge on any atom is -0.478 e. The number of nitrogens with zero attached hydrogens (tertiary/aromatic N) is 3. The van der Waals surface area contributed by atoms with Gasteiger partial charge in [-0.15, -0.1) is 10.2 Å². The summed E-state index contributed by atoms with van der Waals surface area (Å²) >= 11 is 13.0. The van der Waals surface area contributed by atoms with Crippen molar-refractivity contribution in [3.63, 3.8) is 0 Å². The Morgan fingerprint density at radius 2 is 1.73 bits per heavy atom. The molecule has 3 rings (SSSR count). The third kappa shape index (κ3) is 6.25. The van der Waals surface area contributed by atoms with Crippen LogP contribution in [0.3, 0.4) is 0 Å². The fourth-order valence-corrected chi connectivity index (χ4v) is 3.85. The van der Waals surface area contributed by atoms with Gasteiger partial charge >= 0.3 is 5.97 Å². The van der Waals surface area contributed by atoms with E-state index in [9.17, 15) is 14.4 Å². The van der Waals surface area contributed by atoms with Crippen LogP contribution in [0.1, 0.15) is 39.5 Å². The van der Waals surface area contributed by atoms with Gasteiger partial charge in [0.1, 0.15) is 0 Å². The van der Waals surface area contributed by atoms with E-state index in [4.69, 9.17) is 28.3 Å². The highest BCUT2D eigenvalue weighted by atomic mass is 35.5. The summed E-state index contributed by atoms with van der Waals surface area (Å²) in [6.07, 6.45) is 0. The average Bonchev–Trinajstić information content (AvgIpc) is 3.14. The summed E-state index contributed by atoms with van der Waals surface area (Å²) in [5.74, 6) is -1.09. The van der Waals surface area contributed by atoms with E-state index in [-0.39, 0.29) is 28.2 Å². The number of hydrogen-bond acceptors (Lipinski definition) is 6. The monoisotopic (exact) mass is 507 g/mol. The second-order valence-corrected chi connectivity index (χ2v) is 8.70. The van der Waals surface area contributed by atoms with Crippen LogP contribution in [0.5, 0.6) is 0 Å². The van der Waals surface area contributed by atoms with Gasteiger partial charge in [0.05, 0.1) is 27.4 Å². The van der Waals surface area contributed by atoms with Gasteiger partial charge in [-0.25, -0.2) is 4.79 Å². The number of halogens is 2. The van der Waals surface area contributed by atoms with Gasteiger partial charge in [-0.2, -0.15) is 0 Å². The Morgan fingerprint density at radius 3 is 2.36 bits per heavy atom. The lowest BCUT2D eigenvalue weighted by molar-refractivity contribution is -0.113. The second kappa shape index (κ2) is 10.7. The Hall–Kier alpha value is -3.08. The maximum absolute atomic E-state index is 12.5. The van der Waals surface area contributed by atoms with Gasteiger partial charge in [0.2, 0.25) is 5.91 Å². The molecule has 0 fully saturated rings. The van der Waals surface area contributed by atoms with E-state index in [1.807, 2.05) is 0 Å². The van der Waals surface area contributed by atoms with Crippen molar-refractivity contribution in [2.45, 2.75) is 18.1 Å². The Labute approximate surface area is 203 Å². The molecule has 0 unspecified atom stereocenters. The molecule has 0 bridgehead atoms. The molecule has 12 heteroatoms. The SMILES string of the molecule is C[C@@H](NC(=O)c1ccc(Cl)c(Cl)c1)c1nnc(SCC(=O)Nc2ccc(C(=O)O)cc2)n1C. The summed E-state index contributed by atoms with van der Waals surface area (Å²) in [5.41, 5.74) is 0.985. The number of nitrogens with one attached hydrogen (secondary N) is 2. The normalized spacial score (nSPS) is 11.6. The third-order valence-electron chi connectivity index (χ3n) is 4.53. The zero-order valence-corrected chi connectivity index (χ0v) is 19.8. The Bertz CT molecular complexity index is 1200. The molecule has 0 aliphatic rings. The summed E-state index contributed by atoms with van der Waals surface area (Å²) in [4.78, 5) is 35.6. The van der Waals surface area contributed by atoms with Crippen molar-refractivity contribution in [3.05, 3.63) is 69.5 Å². The summed E-state index contributed by atoms with van der Waals surface area (Å²) in [6.45, 7) is 1.77. The lowest BCUT2D eigenvalue weighted by Gasteiger charge is -2.14. The molecule has 9 nitrogen and oxygen atoms in total. The number of carboxylic acids is 1. The molecule has 172 valence electrons. The number of benzene rings is 2. The molecule has 1 atom stereocenters. The Balaban J connectivity index is 1.57. The van der Waals surface area contributed by atoms with Gasteiger partial charge in [0.15, 0.2) is 11.0 Å². The van der Waals surface area contributed by atoms with Crippen LogP contribution < -0.4 is 10.6 Å². The number of aromatic nitrogens is 3. The summed E-state index contributed by atoms with van der Waals surface area (Å²) in [5, 5.41) is 23.8. The van der Waals surface area contributed by atoms with Crippen molar-refractivity contribution in [2.24, 2.45) is 7.05 Å². The van der Waals surface area contributed by atoms with Crippen LogP contribution >= 0.6 is 35.0 Å². The van der Waals surface area contributed by atoms with Gasteiger partial charge in [0.25, 0.3) is 5.91 Å². The van der Waals surface area contributed by atoms with E-state index < -0.39 is 12.0 Å². The third-order valence-corrected chi connectivity index (χ3v) is 6.29. The van der Waals surface area contributed by atoms with E-state index in [1.54, 1.807) is 30.7 Å². The lowest BCUT2D eigenvalue weighted by Crippen LogP contribution is -2.28. The number of rotatable bonds is 8. The summed E-state index contributed by atoms with van der Waals surface area (Å²) < 4.78 is 1.69.